The van der Waals surface area contributed by atoms with Crippen LogP contribution in [0.4, 0.5) is 11.5 Å². The van der Waals surface area contributed by atoms with Gasteiger partial charge in [-0.25, -0.2) is 4.98 Å². The van der Waals surface area contributed by atoms with Crippen molar-refractivity contribution in [2.24, 2.45) is 0 Å². The molecule has 0 spiro atoms. The van der Waals surface area contributed by atoms with Gasteiger partial charge in [0, 0.05) is 49.4 Å². The summed E-state index contributed by atoms with van der Waals surface area (Å²) in [6.07, 6.45) is 5.19. The number of nitrogens with one attached hydrogen (secondary N) is 1. The van der Waals surface area contributed by atoms with Gasteiger partial charge in [-0.2, -0.15) is 0 Å². The molecule has 0 bridgehead atoms. The number of aromatic nitrogens is 2. The highest BCUT2D eigenvalue weighted by Gasteiger charge is 2.20. The number of rotatable bonds is 5. The lowest BCUT2D eigenvalue weighted by molar-refractivity contribution is 0.605. The largest absolute Gasteiger partial charge is 0.455 e. The van der Waals surface area contributed by atoms with E-state index in [1.54, 1.807) is 25.5 Å². The minimum atomic E-state index is -0.113. The van der Waals surface area contributed by atoms with Gasteiger partial charge >= 0.3 is 0 Å². The van der Waals surface area contributed by atoms with Crippen LogP contribution in [-0.4, -0.2) is 24.1 Å². The summed E-state index contributed by atoms with van der Waals surface area (Å²) in [5.41, 5.74) is 4.79. The number of benzene rings is 1. The first-order chi connectivity index (χ1) is 14.9. The zero-order chi connectivity index (χ0) is 22.1. The average molecular weight is 415 g/mol. The molecule has 0 aliphatic rings. The Morgan fingerprint density at radius 3 is 2.58 bits per heavy atom. The topological polar surface area (TPSA) is 71.3 Å². The van der Waals surface area contributed by atoms with Crippen molar-refractivity contribution in [3.8, 4) is 11.3 Å². The SMILES string of the molecule is Cc1cc([C@@H](C)Nc2cccnc2N(C)C)c2oc(-c3cccnc3)c(C)c(=O)c2c1. The summed E-state index contributed by atoms with van der Waals surface area (Å²) in [4.78, 5) is 23.8. The highest BCUT2D eigenvalue weighted by molar-refractivity contribution is 5.84. The molecule has 0 radical (unpaired) electrons. The molecule has 0 aliphatic carbocycles. The van der Waals surface area contributed by atoms with Crippen LogP contribution >= 0.6 is 0 Å². The van der Waals surface area contributed by atoms with E-state index in [1.807, 2.05) is 56.3 Å². The molecule has 6 heteroatoms. The standard InChI is InChI=1S/C25H26N4O2/c1-15-12-19(17(3)28-21-9-7-11-27-25(21)29(4)5)24-20(13-15)22(30)16(2)23(31-24)18-8-6-10-26-14-18/h6-14,17,28H,1-5H3/t17-/m1/s1. The lowest BCUT2D eigenvalue weighted by Crippen LogP contribution is -2.16. The molecule has 158 valence electrons. The Bertz CT molecular complexity index is 1300. The maximum atomic E-state index is 13.2. The number of aryl methyl sites for hydroxylation is 1. The summed E-state index contributed by atoms with van der Waals surface area (Å²) in [5, 5.41) is 4.13. The number of pyridine rings is 2. The Balaban J connectivity index is 1.88. The van der Waals surface area contributed by atoms with Crippen molar-refractivity contribution < 1.29 is 4.42 Å². The molecule has 0 saturated heterocycles. The van der Waals surface area contributed by atoms with Gasteiger partial charge in [0.1, 0.15) is 11.3 Å². The van der Waals surface area contributed by atoms with Crippen LogP contribution in [0.2, 0.25) is 0 Å². The fourth-order valence-corrected chi connectivity index (χ4v) is 3.84. The first-order valence-corrected chi connectivity index (χ1v) is 10.2. The fourth-order valence-electron chi connectivity index (χ4n) is 3.84. The highest BCUT2D eigenvalue weighted by Crippen LogP contribution is 2.33. The van der Waals surface area contributed by atoms with Gasteiger partial charge in [-0.05, 0) is 56.7 Å². The zero-order valence-corrected chi connectivity index (χ0v) is 18.4. The molecular formula is C25H26N4O2. The van der Waals surface area contributed by atoms with Gasteiger partial charge in [0.15, 0.2) is 11.2 Å². The third kappa shape index (κ3) is 3.89. The van der Waals surface area contributed by atoms with Crippen molar-refractivity contribution in [1.82, 2.24) is 9.97 Å². The third-order valence-corrected chi connectivity index (χ3v) is 5.36. The van der Waals surface area contributed by atoms with Crippen molar-refractivity contribution in [3.05, 3.63) is 81.9 Å². The smallest absolute Gasteiger partial charge is 0.196 e. The molecule has 6 nitrogen and oxygen atoms in total. The van der Waals surface area contributed by atoms with E-state index in [0.717, 1.165) is 28.2 Å². The van der Waals surface area contributed by atoms with Crippen molar-refractivity contribution in [1.29, 1.82) is 0 Å². The molecule has 0 aliphatic heterocycles. The van der Waals surface area contributed by atoms with Gasteiger partial charge in [-0.1, -0.05) is 6.07 Å². The number of hydrogen-bond donors (Lipinski definition) is 1. The van der Waals surface area contributed by atoms with Crippen LogP contribution in [0.25, 0.3) is 22.3 Å². The van der Waals surface area contributed by atoms with E-state index in [2.05, 4.69) is 28.3 Å². The van der Waals surface area contributed by atoms with E-state index >= 15 is 0 Å². The van der Waals surface area contributed by atoms with Crippen LogP contribution in [0.1, 0.15) is 29.7 Å². The second-order valence-electron chi connectivity index (χ2n) is 7.99. The number of anilines is 2. The molecule has 3 heterocycles. The zero-order valence-electron chi connectivity index (χ0n) is 18.4. The van der Waals surface area contributed by atoms with Crippen LogP contribution in [0.3, 0.4) is 0 Å². The average Bonchev–Trinajstić information content (AvgIpc) is 2.77. The second-order valence-corrected chi connectivity index (χ2v) is 7.99. The molecule has 0 fully saturated rings. The molecule has 3 aromatic heterocycles. The first-order valence-electron chi connectivity index (χ1n) is 10.2. The Morgan fingerprint density at radius 2 is 1.87 bits per heavy atom. The van der Waals surface area contributed by atoms with Crippen molar-refractivity contribution >= 4 is 22.5 Å². The maximum Gasteiger partial charge on any atom is 0.196 e. The molecule has 1 aromatic carbocycles. The molecule has 31 heavy (non-hydrogen) atoms. The summed E-state index contributed by atoms with van der Waals surface area (Å²) < 4.78 is 6.38. The van der Waals surface area contributed by atoms with E-state index < -0.39 is 0 Å². The summed E-state index contributed by atoms with van der Waals surface area (Å²) in [7, 11) is 3.92. The van der Waals surface area contributed by atoms with Gasteiger partial charge in [0.25, 0.3) is 0 Å². The number of fused-ring (bicyclic) bond motifs is 1. The molecule has 0 saturated carbocycles. The molecular weight excluding hydrogens is 388 g/mol. The number of hydrogen-bond acceptors (Lipinski definition) is 6. The van der Waals surface area contributed by atoms with E-state index in [-0.39, 0.29) is 11.5 Å². The molecule has 0 amide bonds. The van der Waals surface area contributed by atoms with Crippen molar-refractivity contribution in [2.45, 2.75) is 26.8 Å². The summed E-state index contributed by atoms with van der Waals surface area (Å²) in [6, 6.07) is 11.5. The monoisotopic (exact) mass is 414 g/mol. The lowest BCUT2D eigenvalue weighted by atomic mass is 9.99. The van der Waals surface area contributed by atoms with Gasteiger partial charge in [-0.15, -0.1) is 0 Å². The second kappa shape index (κ2) is 8.22. The van der Waals surface area contributed by atoms with Gasteiger partial charge in [0.05, 0.1) is 17.1 Å². The third-order valence-electron chi connectivity index (χ3n) is 5.36. The minimum Gasteiger partial charge on any atom is -0.455 e. The van der Waals surface area contributed by atoms with Gasteiger partial charge < -0.3 is 14.6 Å². The number of nitrogens with zero attached hydrogens (tertiary/aromatic N) is 3. The van der Waals surface area contributed by atoms with Gasteiger partial charge in [-0.3, -0.25) is 9.78 Å². The quantitative estimate of drug-likeness (QED) is 0.490. The molecule has 1 atom stereocenters. The molecule has 0 unspecified atom stereocenters. The van der Waals surface area contributed by atoms with Crippen LogP contribution in [0, 0.1) is 13.8 Å². The van der Waals surface area contributed by atoms with E-state index in [0.29, 0.717) is 22.3 Å². The van der Waals surface area contributed by atoms with E-state index in [4.69, 9.17) is 4.42 Å². The van der Waals surface area contributed by atoms with Crippen LogP contribution in [0.15, 0.2) is 64.2 Å². The summed E-state index contributed by atoms with van der Waals surface area (Å²) >= 11 is 0. The Labute approximate surface area is 181 Å². The molecule has 4 rings (SSSR count). The Morgan fingerprint density at radius 1 is 1.10 bits per heavy atom. The predicted molar refractivity (Wildman–Crippen MR) is 126 cm³/mol. The summed E-state index contributed by atoms with van der Waals surface area (Å²) in [6.45, 7) is 5.86. The van der Waals surface area contributed by atoms with E-state index in [1.165, 1.54) is 0 Å². The summed E-state index contributed by atoms with van der Waals surface area (Å²) in [5.74, 6) is 1.40. The first kappa shape index (κ1) is 20.6. The van der Waals surface area contributed by atoms with Gasteiger partial charge in [0.2, 0.25) is 0 Å². The predicted octanol–water partition coefficient (Wildman–Crippen LogP) is 5.11. The highest BCUT2D eigenvalue weighted by atomic mass is 16.3. The van der Waals surface area contributed by atoms with Crippen LogP contribution in [0.5, 0.6) is 0 Å². The normalized spacial score (nSPS) is 12.0. The lowest BCUT2D eigenvalue weighted by Gasteiger charge is -2.22. The Hall–Kier alpha value is -3.67. The fraction of sp³-hybridized carbons (Fsp3) is 0.240. The Kier molecular flexibility index (Phi) is 5.46. The van der Waals surface area contributed by atoms with Crippen LogP contribution in [-0.2, 0) is 0 Å². The maximum absolute atomic E-state index is 13.2. The van der Waals surface area contributed by atoms with Crippen molar-refractivity contribution in [2.75, 3.05) is 24.3 Å². The van der Waals surface area contributed by atoms with E-state index in [9.17, 15) is 4.79 Å². The molecule has 1 N–H and O–H groups in total. The van der Waals surface area contributed by atoms with Crippen molar-refractivity contribution in [3.63, 3.8) is 0 Å². The van der Waals surface area contributed by atoms with Crippen LogP contribution < -0.4 is 15.6 Å². The molecule has 4 aromatic rings. The minimum absolute atomic E-state index is 0.0207.